The molecule has 5 heteroatoms. The summed E-state index contributed by atoms with van der Waals surface area (Å²) in [6, 6.07) is 2.02. The van der Waals surface area contributed by atoms with Gasteiger partial charge in [-0.3, -0.25) is 0 Å². The first-order valence-corrected chi connectivity index (χ1v) is 5.81. The highest BCUT2D eigenvalue weighted by Gasteiger charge is 2.17. The Hall–Kier alpha value is -0.970. The second-order valence-electron chi connectivity index (χ2n) is 3.55. The van der Waals surface area contributed by atoms with Crippen LogP contribution >= 0.6 is 11.6 Å². The lowest BCUT2D eigenvalue weighted by Gasteiger charge is -2.16. The van der Waals surface area contributed by atoms with E-state index in [1.807, 2.05) is 13.0 Å². The molecule has 0 unspecified atom stereocenters. The number of ether oxygens (including phenoxy) is 2. The molecule has 0 saturated carbocycles. The molecule has 0 amide bonds. The molecule has 0 bridgehead atoms. The summed E-state index contributed by atoms with van der Waals surface area (Å²) in [7, 11) is 3.18. The van der Waals surface area contributed by atoms with E-state index in [1.54, 1.807) is 14.2 Å². The van der Waals surface area contributed by atoms with Gasteiger partial charge in [-0.25, -0.2) is 5.90 Å². The molecule has 96 valence electrons. The third-order valence-corrected chi connectivity index (χ3v) is 2.95. The Balaban J connectivity index is 3.24. The standard InChI is InChI=1S/C12H18ClNO3/c1-4-8-7-9(5-6-17-14)12(16-3)10(13)11(8)15-2/h7H,4-6,14H2,1-3H3. The lowest BCUT2D eigenvalue weighted by molar-refractivity contribution is 0.140. The van der Waals surface area contributed by atoms with Crippen LogP contribution < -0.4 is 15.4 Å². The van der Waals surface area contributed by atoms with Crippen molar-refractivity contribution in [3.05, 3.63) is 22.2 Å². The van der Waals surface area contributed by atoms with E-state index in [-0.39, 0.29) is 0 Å². The molecule has 0 aromatic heterocycles. The normalized spacial score (nSPS) is 10.4. The second kappa shape index (κ2) is 6.69. The first-order valence-electron chi connectivity index (χ1n) is 5.43. The minimum atomic E-state index is 0.419. The molecular weight excluding hydrogens is 242 g/mol. The predicted octanol–water partition coefficient (Wildman–Crippen LogP) is 2.35. The summed E-state index contributed by atoms with van der Waals surface area (Å²) >= 11 is 6.25. The number of nitrogens with two attached hydrogens (primary N) is 1. The monoisotopic (exact) mass is 259 g/mol. The quantitative estimate of drug-likeness (QED) is 0.797. The van der Waals surface area contributed by atoms with E-state index in [1.165, 1.54) is 0 Å². The van der Waals surface area contributed by atoms with E-state index >= 15 is 0 Å². The van der Waals surface area contributed by atoms with Gasteiger partial charge in [0.2, 0.25) is 0 Å². The van der Waals surface area contributed by atoms with Crippen LogP contribution in [0.15, 0.2) is 6.07 Å². The van der Waals surface area contributed by atoms with Gasteiger partial charge in [0, 0.05) is 6.42 Å². The van der Waals surface area contributed by atoms with Crippen LogP contribution in [0, 0.1) is 0 Å². The summed E-state index contributed by atoms with van der Waals surface area (Å²) in [5.74, 6) is 6.33. The molecule has 0 radical (unpaired) electrons. The highest BCUT2D eigenvalue weighted by Crippen LogP contribution is 2.40. The summed E-state index contributed by atoms with van der Waals surface area (Å²) in [4.78, 5) is 4.59. The molecular formula is C12H18ClNO3. The Morgan fingerprint density at radius 2 is 1.76 bits per heavy atom. The Bertz CT molecular complexity index is 383. The van der Waals surface area contributed by atoms with Crippen LogP contribution in [0.3, 0.4) is 0 Å². The van der Waals surface area contributed by atoms with E-state index in [2.05, 4.69) is 4.84 Å². The molecule has 17 heavy (non-hydrogen) atoms. The summed E-state index contributed by atoms with van der Waals surface area (Å²) in [6.45, 7) is 2.46. The van der Waals surface area contributed by atoms with Crippen molar-refractivity contribution >= 4 is 11.6 Å². The van der Waals surface area contributed by atoms with Crippen molar-refractivity contribution in [3.63, 3.8) is 0 Å². The Labute approximate surface area is 107 Å². The van der Waals surface area contributed by atoms with Crippen LogP contribution in [0.2, 0.25) is 5.02 Å². The van der Waals surface area contributed by atoms with Crippen molar-refractivity contribution in [1.29, 1.82) is 0 Å². The highest BCUT2D eigenvalue weighted by molar-refractivity contribution is 6.33. The van der Waals surface area contributed by atoms with Crippen LogP contribution in [0.5, 0.6) is 11.5 Å². The van der Waals surface area contributed by atoms with Crippen molar-refractivity contribution < 1.29 is 14.3 Å². The smallest absolute Gasteiger partial charge is 0.144 e. The van der Waals surface area contributed by atoms with Crippen molar-refractivity contribution in [1.82, 2.24) is 0 Å². The topological polar surface area (TPSA) is 53.7 Å². The van der Waals surface area contributed by atoms with Crippen LogP contribution in [0.4, 0.5) is 0 Å². The lowest BCUT2D eigenvalue weighted by atomic mass is 10.0. The first kappa shape index (κ1) is 14.1. The van der Waals surface area contributed by atoms with Crippen molar-refractivity contribution in [3.8, 4) is 11.5 Å². The minimum Gasteiger partial charge on any atom is -0.495 e. The SMILES string of the molecule is CCc1cc(CCON)c(OC)c(Cl)c1OC. The van der Waals surface area contributed by atoms with Crippen LogP contribution in [-0.4, -0.2) is 20.8 Å². The summed E-state index contributed by atoms with van der Waals surface area (Å²) in [5.41, 5.74) is 2.02. The fourth-order valence-corrected chi connectivity index (χ4v) is 2.18. The van der Waals surface area contributed by atoms with Crippen molar-refractivity contribution in [2.45, 2.75) is 19.8 Å². The molecule has 0 saturated heterocycles. The number of methoxy groups -OCH3 is 2. The molecule has 4 nitrogen and oxygen atoms in total. The average Bonchev–Trinajstić information content (AvgIpc) is 2.35. The number of rotatable bonds is 6. The number of halogens is 1. The molecule has 0 spiro atoms. The van der Waals surface area contributed by atoms with Crippen molar-refractivity contribution in [2.24, 2.45) is 5.90 Å². The maximum atomic E-state index is 6.25. The minimum absolute atomic E-state index is 0.419. The maximum absolute atomic E-state index is 6.25. The van der Waals surface area contributed by atoms with Crippen LogP contribution in [0.1, 0.15) is 18.1 Å². The highest BCUT2D eigenvalue weighted by atomic mass is 35.5. The van der Waals surface area contributed by atoms with Gasteiger partial charge in [-0.2, -0.15) is 0 Å². The predicted molar refractivity (Wildman–Crippen MR) is 67.8 cm³/mol. The molecule has 0 fully saturated rings. The van der Waals surface area contributed by atoms with Crippen LogP contribution in [0.25, 0.3) is 0 Å². The van der Waals surface area contributed by atoms with Gasteiger partial charge < -0.3 is 14.3 Å². The fourth-order valence-electron chi connectivity index (χ4n) is 1.79. The average molecular weight is 260 g/mol. The van der Waals surface area contributed by atoms with Gasteiger partial charge in [-0.15, -0.1) is 0 Å². The third-order valence-electron chi connectivity index (χ3n) is 2.61. The maximum Gasteiger partial charge on any atom is 0.144 e. The Kier molecular flexibility index (Phi) is 5.55. The molecule has 1 aromatic carbocycles. The van der Waals surface area contributed by atoms with Gasteiger partial charge >= 0.3 is 0 Å². The van der Waals surface area contributed by atoms with Crippen molar-refractivity contribution in [2.75, 3.05) is 20.8 Å². The fraction of sp³-hybridized carbons (Fsp3) is 0.500. The van der Waals surface area contributed by atoms with Gasteiger partial charge in [-0.1, -0.05) is 18.5 Å². The molecule has 0 aliphatic heterocycles. The summed E-state index contributed by atoms with van der Waals surface area (Å²) in [6.07, 6.45) is 1.49. The molecule has 2 N–H and O–H groups in total. The Morgan fingerprint density at radius 3 is 2.24 bits per heavy atom. The summed E-state index contributed by atoms with van der Waals surface area (Å²) < 4.78 is 10.6. The van der Waals surface area contributed by atoms with Gasteiger partial charge in [0.25, 0.3) is 0 Å². The third kappa shape index (κ3) is 3.03. The first-order chi connectivity index (χ1) is 8.19. The molecule has 0 aliphatic carbocycles. The second-order valence-corrected chi connectivity index (χ2v) is 3.93. The van der Waals surface area contributed by atoms with E-state index in [4.69, 9.17) is 27.0 Å². The van der Waals surface area contributed by atoms with Gasteiger partial charge in [0.15, 0.2) is 0 Å². The number of aryl methyl sites for hydroxylation is 1. The van der Waals surface area contributed by atoms with Gasteiger partial charge in [0.1, 0.15) is 16.5 Å². The largest absolute Gasteiger partial charge is 0.495 e. The van der Waals surface area contributed by atoms with E-state index in [9.17, 15) is 0 Å². The zero-order valence-corrected chi connectivity index (χ0v) is 11.1. The molecule has 0 aliphatic rings. The molecule has 1 rings (SSSR count). The van der Waals surface area contributed by atoms with E-state index in [0.717, 1.165) is 17.5 Å². The number of benzene rings is 1. The molecule has 0 heterocycles. The zero-order valence-electron chi connectivity index (χ0n) is 10.4. The Morgan fingerprint density at radius 1 is 1.18 bits per heavy atom. The number of hydrogen-bond donors (Lipinski definition) is 1. The molecule has 1 aromatic rings. The van der Waals surface area contributed by atoms with Gasteiger partial charge in [-0.05, 0) is 23.6 Å². The van der Waals surface area contributed by atoms with Gasteiger partial charge in [0.05, 0.1) is 20.8 Å². The molecule has 0 atom stereocenters. The lowest BCUT2D eigenvalue weighted by Crippen LogP contribution is -2.06. The summed E-state index contributed by atoms with van der Waals surface area (Å²) in [5, 5.41) is 0.501. The van der Waals surface area contributed by atoms with Crippen LogP contribution in [-0.2, 0) is 17.7 Å². The number of hydrogen-bond acceptors (Lipinski definition) is 4. The van der Waals surface area contributed by atoms with E-state index in [0.29, 0.717) is 29.5 Å². The zero-order chi connectivity index (χ0) is 12.8. The van der Waals surface area contributed by atoms with E-state index < -0.39 is 0 Å².